The van der Waals surface area contributed by atoms with Crippen molar-refractivity contribution in [2.75, 3.05) is 11.9 Å². The summed E-state index contributed by atoms with van der Waals surface area (Å²) in [5.74, 6) is 0.454. The smallest absolute Gasteiger partial charge is 0.411 e. The molecule has 1 aliphatic heterocycles. The number of hydrogen-bond acceptors (Lipinski definition) is 7. The van der Waals surface area contributed by atoms with E-state index in [1.54, 1.807) is 0 Å². The lowest BCUT2D eigenvalue weighted by Crippen LogP contribution is -2.18. The number of nitrogens with zero attached hydrogens (tertiary/aromatic N) is 3. The number of nitrogens with one attached hydrogen (secondary N) is 1. The van der Waals surface area contributed by atoms with E-state index in [0.29, 0.717) is 18.4 Å². The molecule has 0 aliphatic carbocycles. The molecule has 0 bridgehead atoms. The molecule has 0 fully saturated rings. The Labute approximate surface area is 103 Å². The number of aliphatic imine (C=N–C) groups is 1. The molecule has 0 aromatic carbocycles. The summed E-state index contributed by atoms with van der Waals surface area (Å²) in [6.45, 7) is 4.39. The van der Waals surface area contributed by atoms with Crippen molar-refractivity contribution in [3.63, 3.8) is 0 Å². The Morgan fingerprint density at radius 2 is 2.33 bits per heavy atom. The second kappa shape index (κ2) is 4.47. The molecule has 8 nitrogen and oxygen atoms in total. The van der Waals surface area contributed by atoms with Crippen molar-refractivity contribution in [3.05, 3.63) is 12.4 Å². The van der Waals surface area contributed by atoms with Crippen LogP contribution >= 0.6 is 0 Å². The van der Waals surface area contributed by atoms with E-state index in [2.05, 4.69) is 25.0 Å². The van der Waals surface area contributed by atoms with Crippen molar-refractivity contribution in [2.24, 2.45) is 10.7 Å². The number of nitrogens with two attached hydrogens (primary N) is 1. The molecule has 0 atom stereocenters. The van der Waals surface area contributed by atoms with Crippen LogP contribution in [0.2, 0.25) is 0 Å². The average molecular weight is 251 g/mol. The van der Waals surface area contributed by atoms with Crippen molar-refractivity contribution in [1.82, 2.24) is 9.97 Å². The summed E-state index contributed by atoms with van der Waals surface area (Å²) in [6, 6.07) is 1.78. The maximum Gasteiger partial charge on any atom is 0.411 e. The van der Waals surface area contributed by atoms with Crippen LogP contribution in [0.15, 0.2) is 17.4 Å². The zero-order valence-corrected chi connectivity index (χ0v) is 10.0. The van der Waals surface area contributed by atoms with Crippen molar-refractivity contribution < 1.29 is 14.3 Å². The van der Waals surface area contributed by atoms with Crippen LogP contribution in [0.3, 0.4) is 0 Å². The van der Waals surface area contributed by atoms with Gasteiger partial charge < -0.3 is 15.2 Å². The highest BCUT2D eigenvalue weighted by atomic mass is 16.6. The van der Waals surface area contributed by atoms with Crippen LogP contribution < -0.4 is 15.8 Å². The Morgan fingerprint density at radius 1 is 1.56 bits per heavy atom. The lowest BCUT2D eigenvalue weighted by molar-refractivity contribution is 0.209. The molecule has 0 saturated heterocycles. The maximum absolute atomic E-state index is 10.6. The van der Waals surface area contributed by atoms with E-state index in [1.165, 1.54) is 12.4 Å². The lowest BCUT2D eigenvalue weighted by Gasteiger charge is -2.07. The number of ether oxygens (including phenoxy) is 2. The fourth-order valence-electron chi connectivity index (χ4n) is 1.32. The molecular formula is C10H13N5O3. The topological polar surface area (TPSA) is 112 Å². The second-order valence-electron chi connectivity index (χ2n) is 4.31. The second-order valence-corrected chi connectivity index (χ2v) is 4.31. The first-order valence-corrected chi connectivity index (χ1v) is 5.24. The number of rotatable bonds is 2. The monoisotopic (exact) mass is 251 g/mol. The summed E-state index contributed by atoms with van der Waals surface area (Å²) < 4.78 is 9.97. The van der Waals surface area contributed by atoms with E-state index in [9.17, 15) is 4.79 Å². The predicted octanol–water partition coefficient (Wildman–Crippen LogP) is 0.511. The minimum Gasteiger partial charge on any atom is -0.462 e. The van der Waals surface area contributed by atoms with Crippen molar-refractivity contribution in [1.29, 1.82) is 0 Å². The van der Waals surface area contributed by atoms with Gasteiger partial charge in [0.05, 0.1) is 5.54 Å². The first kappa shape index (κ1) is 12.1. The van der Waals surface area contributed by atoms with E-state index in [-0.39, 0.29) is 11.4 Å². The molecule has 0 spiro atoms. The summed E-state index contributed by atoms with van der Waals surface area (Å²) >= 11 is 0. The Morgan fingerprint density at radius 3 is 2.94 bits per heavy atom. The number of carbonyl (C=O) groups excluding carboxylic acids is 1. The zero-order valence-electron chi connectivity index (χ0n) is 10.0. The minimum atomic E-state index is -0.935. The quantitative estimate of drug-likeness (QED) is 0.792. The molecule has 1 amide bonds. The third-order valence-corrected chi connectivity index (χ3v) is 2.05. The van der Waals surface area contributed by atoms with E-state index in [0.717, 1.165) is 0 Å². The Kier molecular flexibility index (Phi) is 3.00. The highest BCUT2D eigenvalue weighted by molar-refractivity contribution is 5.89. The summed E-state index contributed by atoms with van der Waals surface area (Å²) in [5, 5.41) is 2.85. The number of anilines is 1. The number of amides is 1. The van der Waals surface area contributed by atoms with Gasteiger partial charge in [-0.25, -0.2) is 19.8 Å². The molecule has 96 valence electrons. The van der Waals surface area contributed by atoms with Crippen LogP contribution in [-0.2, 0) is 4.74 Å². The molecule has 1 aromatic heterocycles. The van der Waals surface area contributed by atoms with Gasteiger partial charge in [0.1, 0.15) is 18.8 Å². The normalized spacial score (nSPS) is 16.7. The number of carbonyl (C=O) groups is 1. The fraction of sp³-hybridized carbons (Fsp3) is 0.400. The number of amidine groups is 1. The van der Waals surface area contributed by atoms with Gasteiger partial charge in [0.15, 0.2) is 0 Å². The summed E-state index contributed by atoms with van der Waals surface area (Å²) in [5.41, 5.74) is 4.62. The van der Waals surface area contributed by atoms with Gasteiger partial charge in [-0.05, 0) is 13.8 Å². The molecule has 1 aromatic rings. The average Bonchev–Trinajstić information content (AvgIpc) is 2.57. The van der Waals surface area contributed by atoms with Gasteiger partial charge >= 0.3 is 6.09 Å². The van der Waals surface area contributed by atoms with Crippen molar-refractivity contribution in [3.8, 4) is 5.88 Å². The fourth-order valence-corrected chi connectivity index (χ4v) is 1.32. The number of primary amides is 1. The molecular weight excluding hydrogens is 238 g/mol. The molecule has 0 saturated carbocycles. The minimum absolute atomic E-state index is 0.0536. The predicted molar refractivity (Wildman–Crippen MR) is 63.3 cm³/mol. The largest absolute Gasteiger partial charge is 0.462 e. The molecule has 0 radical (unpaired) electrons. The van der Waals surface area contributed by atoms with Crippen LogP contribution in [0, 0.1) is 0 Å². The van der Waals surface area contributed by atoms with E-state index in [1.807, 2.05) is 13.8 Å². The van der Waals surface area contributed by atoms with Gasteiger partial charge in [0, 0.05) is 6.07 Å². The van der Waals surface area contributed by atoms with Crippen LogP contribution in [0.1, 0.15) is 13.8 Å². The van der Waals surface area contributed by atoms with Crippen LogP contribution in [-0.4, -0.2) is 34.2 Å². The van der Waals surface area contributed by atoms with Crippen molar-refractivity contribution in [2.45, 2.75) is 19.4 Å². The van der Waals surface area contributed by atoms with E-state index in [4.69, 9.17) is 10.5 Å². The van der Waals surface area contributed by atoms with Gasteiger partial charge in [-0.1, -0.05) is 0 Å². The van der Waals surface area contributed by atoms with Crippen LogP contribution in [0.4, 0.5) is 10.6 Å². The zero-order chi connectivity index (χ0) is 13.2. The standard InChI is InChI=1S/C10H13N5O3/c1-10(2)4-17-9(15-10)14-6-3-7(13-5-12-6)18-8(11)16/h3,5H,4H2,1-2H3,(H2,11,16)(H,12,13,14,15). The van der Waals surface area contributed by atoms with Gasteiger partial charge in [-0.3, -0.25) is 5.32 Å². The molecule has 8 heteroatoms. The summed E-state index contributed by atoms with van der Waals surface area (Å²) in [7, 11) is 0. The Bertz CT molecular complexity index is 500. The van der Waals surface area contributed by atoms with Crippen LogP contribution in [0.5, 0.6) is 5.88 Å². The van der Waals surface area contributed by atoms with Gasteiger partial charge in [-0.15, -0.1) is 0 Å². The molecule has 0 unspecified atom stereocenters. The molecule has 1 aliphatic rings. The Hall–Kier alpha value is -2.38. The van der Waals surface area contributed by atoms with E-state index >= 15 is 0 Å². The highest BCUT2D eigenvalue weighted by Gasteiger charge is 2.26. The summed E-state index contributed by atoms with van der Waals surface area (Å²) in [6.07, 6.45) is 0.302. The highest BCUT2D eigenvalue weighted by Crippen LogP contribution is 2.18. The van der Waals surface area contributed by atoms with Crippen molar-refractivity contribution >= 4 is 17.9 Å². The molecule has 18 heavy (non-hydrogen) atoms. The van der Waals surface area contributed by atoms with Crippen LogP contribution in [0.25, 0.3) is 0 Å². The van der Waals surface area contributed by atoms with Gasteiger partial charge in [-0.2, -0.15) is 0 Å². The number of aromatic nitrogens is 2. The first-order chi connectivity index (χ1) is 8.44. The third-order valence-electron chi connectivity index (χ3n) is 2.05. The Balaban J connectivity index is 2.08. The lowest BCUT2D eigenvalue weighted by atomic mass is 10.1. The maximum atomic E-state index is 10.6. The van der Waals surface area contributed by atoms with Gasteiger partial charge in [0.25, 0.3) is 6.02 Å². The number of hydrogen-bond donors (Lipinski definition) is 2. The van der Waals surface area contributed by atoms with Gasteiger partial charge in [0.2, 0.25) is 5.88 Å². The third kappa shape index (κ3) is 3.06. The SMILES string of the molecule is CC1(C)COC(Nc2cc(OC(N)=O)ncn2)=N1. The first-order valence-electron chi connectivity index (χ1n) is 5.24. The van der Waals surface area contributed by atoms with E-state index < -0.39 is 6.09 Å². The molecule has 2 rings (SSSR count). The molecule has 2 heterocycles. The summed E-state index contributed by atoms with van der Waals surface area (Å²) in [4.78, 5) is 22.5. The molecule has 3 N–H and O–H groups in total.